The highest BCUT2D eigenvalue weighted by Crippen LogP contribution is 2.24. The average Bonchev–Trinajstić information content (AvgIpc) is 2.65. The molecule has 0 spiro atoms. The van der Waals surface area contributed by atoms with E-state index in [4.69, 9.17) is 0 Å². The third-order valence-corrected chi connectivity index (χ3v) is 2.91. The van der Waals surface area contributed by atoms with Crippen LogP contribution in [0.5, 0.6) is 0 Å². The fourth-order valence-electron chi connectivity index (χ4n) is 1.52. The van der Waals surface area contributed by atoms with Crippen LogP contribution >= 0.6 is 11.5 Å². The highest BCUT2D eigenvalue weighted by molar-refractivity contribution is 7.09. The molecule has 1 N–H and O–H groups in total. The lowest BCUT2D eigenvalue weighted by Crippen LogP contribution is -2.09. The van der Waals surface area contributed by atoms with Crippen LogP contribution in [0.4, 0.5) is 9.52 Å². The number of nitrogens with zero attached hydrogens (tertiary/aromatic N) is 2. The first-order valence-corrected chi connectivity index (χ1v) is 6.20. The average molecular weight is 251 g/mol. The van der Waals surface area contributed by atoms with E-state index in [1.54, 1.807) is 6.07 Å². The summed E-state index contributed by atoms with van der Waals surface area (Å²) in [4.78, 5) is 4.38. The van der Waals surface area contributed by atoms with E-state index in [-0.39, 0.29) is 5.82 Å². The predicted octanol–water partition coefficient (Wildman–Crippen LogP) is 3.47. The van der Waals surface area contributed by atoms with Gasteiger partial charge in [0, 0.05) is 23.1 Å². The van der Waals surface area contributed by atoms with Crippen LogP contribution in [0, 0.1) is 12.7 Å². The Hall–Kier alpha value is -1.49. The first-order valence-electron chi connectivity index (χ1n) is 5.43. The number of benzene rings is 1. The molecule has 1 aromatic heterocycles. The standard InChI is InChI=1S/C12H14FN3S/c1-7(2)14-12-15-11(16-17-12)10-5-4-9(13)6-8(10)3/h4-7H,1-3H3,(H,14,15,16). The van der Waals surface area contributed by atoms with Crippen molar-refractivity contribution in [3.05, 3.63) is 29.6 Å². The quantitative estimate of drug-likeness (QED) is 0.907. The molecule has 0 amide bonds. The summed E-state index contributed by atoms with van der Waals surface area (Å²) < 4.78 is 17.3. The van der Waals surface area contributed by atoms with E-state index < -0.39 is 0 Å². The van der Waals surface area contributed by atoms with Crippen LogP contribution in [0.3, 0.4) is 0 Å². The zero-order chi connectivity index (χ0) is 12.4. The molecule has 0 aliphatic rings. The normalized spacial score (nSPS) is 10.9. The second-order valence-electron chi connectivity index (χ2n) is 4.18. The SMILES string of the molecule is Cc1cc(F)ccc1-c1nsc(NC(C)C)n1. The molecule has 5 heteroatoms. The number of rotatable bonds is 3. The van der Waals surface area contributed by atoms with Gasteiger partial charge in [-0.3, -0.25) is 0 Å². The van der Waals surface area contributed by atoms with Crippen LogP contribution in [0.2, 0.25) is 0 Å². The molecule has 0 aliphatic heterocycles. The summed E-state index contributed by atoms with van der Waals surface area (Å²) in [6.07, 6.45) is 0. The van der Waals surface area contributed by atoms with E-state index in [0.717, 1.165) is 16.3 Å². The van der Waals surface area contributed by atoms with Gasteiger partial charge in [-0.25, -0.2) is 4.39 Å². The van der Waals surface area contributed by atoms with Crippen molar-refractivity contribution in [2.75, 3.05) is 5.32 Å². The summed E-state index contributed by atoms with van der Waals surface area (Å²) in [5, 5.41) is 3.99. The minimum absolute atomic E-state index is 0.234. The van der Waals surface area contributed by atoms with Gasteiger partial charge < -0.3 is 5.32 Å². The van der Waals surface area contributed by atoms with E-state index in [0.29, 0.717) is 11.9 Å². The molecular weight excluding hydrogens is 237 g/mol. The number of halogens is 1. The van der Waals surface area contributed by atoms with Gasteiger partial charge in [0.25, 0.3) is 0 Å². The maximum absolute atomic E-state index is 13.0. The number of aryl methyl sites for hydroxylation is 1. The fourth-order valence-corrected chi connectivity index (χ4v) is 2.24. The van der Waals surface area contributed by atoms with Gasteiger partial charge in [0.15, 0.2) is 5.82 Å². The zero-order valence-corrected chi connectivity index (χ0v) is 10.8. The molecule has 0 saturated heterocycles. The number of anilines is 1. The van der Waals surface area contributed by atoms with E-state index in [1.807, 2.05) is 20.8 Å². The first kappa shape index (κ1) is 12.0. The molecule has 0 bridgehead atoms. The summed E-state index contributed by atoms with van der Waals surface area (Å²) in [7, 11) is 0. The molecule has 0 atom stereocenters. The van der Waals surface area contributed by atoms with Crippen LogP contribution in [0.1, 0.15) is 19.4 Å². The summed E-state index contributed by atoms with van der Waals surface area (Å²) in [6.45, 7) is 5.95. The molecule has 0 saturated carbocycles. The second-order valence-corrected chi connectivity index (χ2v) is 4.93. The Morgan fingerprint density at radius 1 is 1.35 bits per heavy atom. The third kappa shape index (κ3) is 2.79. The lowest BCUT2D eigenvalue weighted by Gasteiger charge is -2.04. The van der Waals surface area contributed by atoms with Crippen molar-refractivity contribution < 1.29 is 4.39 Å². The largest absolute Gasteiger partial charge is 0.358 e. The van der Waals surface area contributed by atoms with Crippen molar-refractivity contribution in [3.8, 4) is 11.4 Å². The molecule has 0 unspecified atom stereocenters. The van der Waals surface area contributed by atoms with Gasteiger partial charge in [0.1, 0.15) is 5.82 Å². The van der Waals surface area contributed by atoms with Crippen LogP contribution < -0.4 is 5.32 Å². The van der Waals surface area contributed by atoms with Gasteiger partial charge in [0.05, 0.1) is 0 Å². The molecule has 2 rings (SSSR count). The minimum atomic E-state index is -0.234. The molecule has 1 heterocycles. The van der Waals surface area contributed by atoms with Gasteiger partial charge in [-0.15, -0.1) is 0 Å². The lowest BCUT2D eigenvalue weighted by atomic mass is 10.1. The van der Waals surface area contributed by atoms with E-state index in [1.165, 1.54) is 23.7 Å². The van der Waals surface area contributed by atoms with Crippen molar-refractivity contribution in [1.29, 1.82) is 0 Å². The lowest BCUT2D eigenvalue weighted by molar-refractivity contribution is 0.627. The van der Waals surface area contributed by atoms with E-state index in [9.17, 15) is 4.39 Å². The van der Waals surface area contributed by atoms with Crippen LogP contribution in [0.25, 0.3) is 11.4 Å². The summed E-state index contributed by atoms with van der Waals surface area (Å²) in [5.74, 6) is 0.414. The van der Waals surface area contributed by atoms with Crippen molar-refractivity contribution in [1.82, 2.24) is 9.36 Å². The molecule has 3 nitrogen and oxygen atoms in total. The van der Waals surface area contributed by atoms with Crippen molar-refractivity contribution >= 4 is 16.7 Å². The molecule has 90 valence electrons. The number of hydrogen-bond donors (Lipinski definition) is 1. The van der Waals surface area contributed by atoms with Crippen molar-refractivity contribution in [2.45, 2.75) is 26.8 Å². The van der Waals surface area contributed by atoms with Gasteiger partial charge in [-0.2, -0.15) is 9.36 Å². The van der Waals surface area contributed by atoms with Crippen LogP contribution in [0.15, 0.2) is 18.2 Å². The van der Waals surface area contributed by atoms with Gasteiger partial charge in [0.2, 0.25) is 5.13 Å². The zero-order valence-electron chi connectivity index (χ0n) is 9.99. The van der Waals surface area contributed by atoms with Gasteiger partial charge >= 0.3 is 0 Å². The Kier molecular flexibility index (Phi) is 3.38. The molecule has 0 fully saturated rings. The van der Waals surface area contributed by atoms with Crippen LogP contribution in [-0.4, -0.2) is 15.4 Å². The van der Waals surface area contributed by atoms with Gasteiger partial charge in [-0.1, -0.05) is 0 Å². The van der Waals surface area contributed by atoms with Crippen LogP contribution in [-0.2, 0) is 0 Å². The smallest absolute Gasteiger partial charge is 0.203 e. The molecule has 0 radical (unpaired) electrons. The molecular formula is C12H14FN3S. The highest BCUT2D eigenvalue weighted by atomic mass is 32.1. The first-order chi connectivity index (χ1) is 8.06. The predicted molar refractivity (Wildman–Crippen MR) is 68.8 cm³/mol. The Bertz CT molecular complexity index is 522. The monoisotopic (exact) mass is 251 g/mol. The summed E-state index contributed by atoms with van der Waals surface area (Å²) >= 11 is 1.32. The van der Waals surface area contributed by atoms with Gasteiger partial charge in [-0.05, 0) is 44.5 Å². The number of nitrogens with one attached hydrogen (secondary N) is 1. The summed E-state index contributed by atoms with van der Waals surface area (Å²) in [6, 6.07) is 4.96. The maximum Gasteiger partial charge on any atom is 0.203 e. The molecule has 0 aliphatic carbocycles. The van der Waals surface area contributed by atoms with E-state index in [2.05, 4.69) is 14.7 Å². The Morgan fingerprint density at radius 3 is 2.76 bits per heavy atom. The minimum Gasteiger partial charge on any atom is -0.358 e. The molecule has 1 aromatic carbocycles. The summed E-state index contributed by atoms with van der Waals surface area (Å²) in [5.41, 5.74) is 1.72. The number of aromatic nitrogens is 2. The second kappa shape index (κ2) is 4.79. The highest BCUT2D eigenvalue weighted by Gasteiger charge is 2.10. The Labute approximate surface area is 104 Å². The van der Waals surface area contributed by atoms with Crippen molar-refractivity contribution in [3.63, 3.8) is 0 Å². The Morgan fingerprint density at radius 2 is 2.12 bits per heavy atom. The molecule has 17 heavy (non-hydrogen) atoms. The van der Waals surface area contributed by atoms with Crippen molar-refractivity contribution in [2.24, 2.45) is 0 Å². The topological polar surface area (TPSA) is 37.8 Å². The fraction of sp³-hybridized carbons (Fsp3) is 0.333. The molecule has 2 aromatic rings. The van der Waals surface area contributed by atoms with E-state index >= 15 is 0 Å². The maximum atomic E-state index is 13.0. The third-order valence-electron chi connectivity index (χ3n) is 2.27. The Balaban J connectivity index is 2.30. The number of hydrogen-bond acceptors (Lipinski definition) is 4.